The van der Waals surface area contributed by atoms with Gasteiger partial charge in [0.15, 0.2) is 5.82 Å². The molecule has 7 nitrogen and oxygen atoms in total. The van der Waals surface area contributed by atoms with E-state index in [1.807, 2.05) is 26.8 Å². The van der Waals surface area contributed by atoms with Gasteiger partial charge >= 0.3 is 0 Å². The highest BCUT2D eigenvalue weighted by Gasteiger charge is 2.18. The SMILES string of the molecule is COc1nc2nonc2nc1Nc1ccc(C(C)(C)C)cc1F. The first kappa shape index (κ1) is 15.1. The highest BCUT2D eigenvalue weighted by molar-refractivity contribution is 5.71. The van der Waals surface area contributed by atoms with Gasteiger partial charge in [-0.15, -0.1) is 0 Å². The molecule has 0 spiro atoms. The van der Waals surface area contributed by atoms with Crippen molar-refractivity contribution in [3.8, 4) is 5.88 Å². The third-order valence-electron chi connectivity index (χ3n) is 3.36. The van der Waals surface area contributed by atoms with Crippen LogP contribution in [0.3, 0.4) is 0 Å². The lowest BCUT2D eigenvalue weighted by Gasteiger charge is -2.20. The number of halogens is 1. The third kappa shape index (κ3) is 2.92. The van der Waals surface area contributed by atoms with Crippen LogP contribution < -0.4 is 10.1 Å². The topological polar surface area (TPSA) is 86.0 Å². The Morgan fingerprint density at radius 1 is 1.13 bits per heavy atom. The molecular formula is C15H16FN5O2. The van der Waals surface area contributed by atoms with Gasteiger partial charge in [0.2, 0.25) is 11.3 Å². The third-order valence-corrected chi connectivity index (χ3v) is 3.36. The minimum atomic E-state index is -0.389. The predicted molar refractivity (Wildman–Crippen MR) is 82.3 cm³/mol. The summed E-state index contributed by atoms with van der Waals surface area (Å²) < 4.78 is 24.1. The van der Waals surface area contributed by atoms with Crippen molar-refractivity contribution in [1.29, 1.82) is 0 Å². The standard InChI is InChI=1S/C15H16FN5O2/c1-15(2,3)8-5-6-10(9(16)7-8)17-13-14(22-4)19-12-11(18-13)20-23-21-12/h5-7H,1-4H3,(H,17,18,20). The molecule has 3 rings (SSSR count). The van der Waals surface area contributed by atoms with Crippen LogP contribution in [-0.2, 0) is 5.41 Å². The number of hydrogen-bond donors (Lipinski definition) is 1. The van der Waals surface area contributed by atoms with E-state index in [0.29, 0.717) is 0 Å². The Morgan fingerprint density at radius 3 is 2.43 bits per heavy atom. The number of rotatable bonds is 3. The van der Waals surface area contributed by atoms with Gasteiger partial charge in [-0.25, -0.2) is 9.02 Å². The van der Waals surface area contributed by atoms with Crippen molar-refractivity contribution in [2.75, 3.05) is 12.4 Å². The number of anilines is 2. The highest BCUT2D eigenvalue weighted by Crippen LogP contribution is 2.30. The van der Waals surface area contributed by atoms with Crippen LogP contribution in [0, 0.1) is 5.82 Å². The second-order valence-corrected chi connectivity index (χ2v) is 6.06. The molecule has 1 aromatic carbocycles. The molecule has 120 valence electrons. The van der Waals surface area contributed by atoms with E-state index in [1.54, 1.807) is 6.07 Å². The minimum absolute atomic E-state index is 0.137. The summed E-state index contributed by atoms with van der Waals surface area (Å²) in [6.07, 6.45) is 0. The van der Waals surface area contributed by atoms with Gasteiger partial charge in [0.25, 0.3) is 5.88 Å². The summed E-state index contributed by atoms with van der Waals surface area (Å²) in [6, 6.07) is 5.02. The smallest absolute Gasteiger partial charge is 0.259 e. The Balaban J connectivity index is 1.98. The maximum Gasteiger partial charge on any atom is 0.259 e. The highest BCUT2D eigenvalue weighted by atomic mass is 19.1. The molecule has 0 bridgehead atoms. The molecular weight excluding hydrogens is 301 g/mol. The van der Waals surface area contributed by atoms with Gasteiger partial charge in [-0.3, -0.25) is 0 Å². The summed E-state index contributed by atoms with van der Waals surface area (Å²) in [4.78, 5) is 8.28. The van der Waals surface area contributed by atoms with Gasteiger partial charge in [0, 0.05) is 0 Å². The normalized spacial score (nSPS) is 11.7. The molecule has 0 saturated carbocycles. The molecule has 0 aliphatic carbocycles. The molecule has 0 atom stereocenters. The fraction of sp³-hybridized carbons (Fsp3) is 0.333. The Bertz CT molecular complexity index is 857. The molecule has 0 fully saturated rings. The van der Waals surface area contributed by atoms with Crippen LogP contribution in [-0.4, -0.2) is 27.4 Å². The molecule has 1 N–H and O–H groups in total. The van der Waals surface area contributed by atoms with E-state index in [1.165, 1.54) is 13.2 Å². The van der Waals surface area contributed by atoms with E-state index in [9.17, 15) is 4.39 Å². The van der Waals surface area contributed by atoms with Crippen molar-refractivity contribution in [1.82, 2.24) is 20.3 Å². The molecule has 0 aliphatic rings. The van der Waals surface area contributed by atoms with Gasteiger partial charge in [-0.05, 0) is 33.4 Å². The minimum Gasteiger partial charge on any atom is -0.478 e. The van der Waals surface area contributed by atoms with Crippen molar-refractivity contribution in [3.63, 3.8) is 0 Å². The number of fused-ring (bicyclic) bond motifs is 1. The lowest BCUT2D eigenvalue weighted by Crippen LogP contribution is -2.11. The van der Waals surface area contributed by atoms with Crippen LogP contribution in [0.2, 0.25) is 0 Å². The zero-order chi connectivity index (χ0) is 16.6. The molecule has 2 heterocycles. The van der Waals surface area contributed by atoms with Crippen LogP contribution in [0.1, 0.15) is 26.3 Å². The van der Waals surface area contributed by atoms with Crippen molar-refractivity contribution >= 4 is 22.8 Å². The van der Waals surface area contributed by atoms with E-state index in [0.717, 1.165) is 5.56 Å². The lowest BCUT2D eigenvalue weighted by atomic mass is 9.87. The molecule has 0 radical (unpaired) electrons. The number of hydrogen-bond acceptors (Lipinski definition) is 7. The molecule has 2 aromatic heterocycles. The molecule has 0 aliphatic heterocycles. The molecule has 8 heteroatoms. The lowest BCUT2D eigenvalue weighted by molar-refractivity contribution is 0.313. The van der Waals surface area contributed by atoms with Gasteiger partial charge in [-0.2, -0.15) is 9.97 Å². The van der Waals surface area contributed by atoms with E-state index in [2.05, 4.69) is 30.2 Å². The Labute approximate surface area is 131 Å². The fourth-order valence-electron chi connectivity index (χ4n) is 2.06. The van der Waals surface area contributed by atoms with E-state index in [-0.39, 0.29) is 39.9 Å². The van der Waals surface area contributed by atoms with Crippen LogP contribution >= 0.6 is 0 Å². The first-order chi connectivity index (χ1) is 10.9. The van der Waals surface area contributed by atoms with Crippen LogP contribution in [0.4, 0.5) is 15.9 Å². The first-order valence-corrected chi connectivity index (χ1v) is 7.00. The maximum atomic E-state index is 14.4. The van der Waals surface area contributed by atoms with Gasteiger partial charge < -0.3 is 10.1 Å². The average molecular weight is 317 g/mol. The number of nitrogens with one attached hydrogen (secondary N) is 1. The summed E-state index contributed by atoms with van der Waals surface area (Å²) >= 11 is 0. The largest absolute Gasteiger partial charge is 0.478 e. The fourth-order valence-corrected chi connectivity index (χ4v) is 2.06. The first-order valence-electron chi connectivity index (χ1n) is 7.00. The van der Waals surface area contributed by atoms with Gasteiger partial charge in [-0.1, -0.05) is 26.8 Å². The summed E-state index contributed by atoms with van der Waals surface area (Å²) in [7, 11) is 1.44. The van der Waals surface area contributed by atoms with Crippen LogP contribution in [0.15, 0.2) is 22.8 Å². The van der Waals surface area contributed by atoms with Crippen molar-refractivity contribution in [2.24, 2.45) is 0 Å². The molecule has 23 heavy (non-hydrogen) atoms. The molecule has 0 amide bonds. The quantitative estimate of drug-likeness (QED) is 0.793. The Hall–Kier alpha value is -2.77. The van der Waals surface area contributed by atoms with Crippen molar-refractivity contribution in [2.45, 2.75) is 26.2 Å². The summed E-state index contributed by atoms with van der Waals surface area (Å²) in [5.41, 5.74) is 1.45. The summed E-state index contributed by atoms with van der Waals surface area (Å²) in [6.45, 7) is 6.07. The molecule has 3 aromatic rings. The van der Waals surface area contributed by atoms with E-state index < -0.39 is 0 Å². The van der Waals surface area contributed by atoms with E-state index in [4.69, 9.17) is 4.74 Å². The number of nitrogens with zero attached hydrogens (tertiary/aromatic N) is 4. The van der Waals surface area contributed by atoms with Crippen LogP contribution in [0.5, 0.6) is 5.88 Å². The number of ether oxygens (including phenoxy) is 1. The number of aromatic nitrogens is 4. The summed E-state index contributed by atoms with van der Waals surface area (Å²) in [5, 5.41) is 10.1. The van der Waals surface area contributed by atoms with Gasteiger partial charge in [0.05, 0.1) is 12.8 Å². The average Bonchev–Trinajstić information content (AvgIpc) is 2.94. The maximum absolute atomic E-state index is 14.4. The zero-order valence-corrected chi connectivity index (χ0v) is 13.2. The molecule has 0 saturated heterocycles. The predicted octanol–water partition coefficient (Wildman–Crippen LogP) is 3.20. The van der Waals surface area contributed by atoms with Crippen molar-refractivity contribution < 1.29 is 13.8 Å². The Morgan fingerprint density at radius 2 is 1.83 bits per heavy atom. The van der Waals surface area contributed by atoms with E-state index >= 15 is 0 Å². The van der Waals surface area contributed by atoms with Gasteiger partial charge in [0.1, 0.15) is 5.82 Å². The van der Waals surface area contributed by atoms with Crippen molar-refractivity contribution in [3.05, 3.63) is 29.6 Å². The monoisotopic (exact) mass is 317 g/mol. The van der Waals surface area contributed by atoms with Crippen LogP contribution in [0.25, 0.3) is 11.3 Å². The number of benzene rings is 1. The molecule has 0 unspecified atom stereocenters. The summed E-state index contributed by atoms with van der Waals surface area (Å²) in [5.74, 6) is 0.0188. The number of methoxy groups -OCH3 is 1. The second kappa shape index (κ2) is 5.45. The second-order valence-electron chi connectivity index (χ2n) is 6.06. The Kier molecular flexibility index (Phi) is 3.59. The zero-order valence-electron chi connectivity index (χ0n) is 13.2.